The van der Waals surface area contributed by atoms with Gasteiger partial charge in [-0.15, -0.1) is 0 Å². The Kier molecular flexibility index (Phi) is 12.7. The Balaban J connectivity index is 0.698. The van der Waals surface area contributed by atoms with Gasteiger partial charge in [0.15, 0.2) is 12.5 Å². The number of piperazine rings is 1. The number of rotatable bonds is 11. The van der Waals surface area contributed by atoms with Crippen LogP contribution in [0.15, 0.2) is 77.0 Å². The smallest absolute Gasteiger partial charge is 0.289 e. The van der Waals surface area contributed by atoms with E-state index in [4.69, 9.17) is 19.8 Å². The van der Waals surface area contributed by atoms with E-state index in [1.54, 1.807) is 0 Å². The maximum absolute atomic E-state index is 15.6. The minimum absolute atomic E-state index is 0.0244. The van der Waals surface area contributed by atoms with Crippen molar-refractivity contribution < 1.29 is 28.3 Å². The van der Waals surface area contributed by atoms with Crippen LogP contribution in [0.1, 0.15) is 78.7 Å². The summed E-state index contributed by atoms with van der Waals surface area (Å²) < 4.78 is 22.0. The molecule has 0 saturated carbocycles. The van der Waals surface area contributed by atoms with Crippen molar-refractivity contribution in [2.75, 3.05) is 68.7 Å². The van der Waals surface area contributed by atoms with Crippen LogP contribution in [0.2, 0.25) is 0 Å². The molecule has 3 aromatic carbocycles. The number of aliphatic imine (C=N–C) groups is 1. The molecule has 8 heterocycles. The third-order valence-corrected chi connectivity index (χ3v) is 15.3. The molecule has 18 heteroatoms. The van der Waals surface area contributed by atoms with Crippen LogP contribution in [-0.4, -0.2) is 139 Å². The number of aromatic nitrogens is 1. The van der Waals surface area contributed by atoms with Gasteiger partial charge < -0.3 is 25.2 Å². The van der Waals surface area contributed by atoms with Gasteiger partial charge in [0.1, 0.15) is 18.0 Å². The average molecular weight is 953 g/mol. The van der Waals surface area contributed by atoms with Gasteiger partial charge in [-0.05, 0) is 91.8 Å². The lowest BCUT2D eigenvalue weighted by atomic mass is 9.94. The summed E-state index contributed by atoms with van der Waals surface area (Å²) in [6.07, 6.45) is 7.46. The number of hydrazone groups is 1. The molecular weight excluding hydrogens is 892 g/mol. The molecule has 0 aliphatic carbocycles. The summed E-state index contributed by atoms with van der Waals surface area (Å²) in [5.41, 5.74) is 4.68. The second-order valence-corrected chi connectivity index (χ2v) is 20.1. The number of carbonyl (C=O) groups excluding carboxylic acids is 4. The number of nitrogens with zero attached hydrogens (tertiary/aromatic N) is 8. The van der Waals surface area contributed by atoms with Crippen molar-refractivity contribution >= 4 is 58.0 Å². The number of benzene rings is 3. The van der Waals surface area contributed by atoms with Crippen LogP contribution in [0.5, 0.6) is 0 Å². The Morgan fingerprint density at radius 2 is 1.67 bits per heavy atom. The normalized spacial score (nSPS) is 25.4. The van der Waals surface area contributed by atoms with E-state index < -0.39 is 35.5 Å². The van der Waals surface area contributed by atoms with Crippen molar-refractivity contribution in [1.82, 2.24) is 41.1 Å². The van der Waals surface area contributed by atoms with Crippen LogP contribution in [0, 0.1) is 23.6 Å². The molecule has 366 valence electrons. The number of pyridine rings is 1. The largest absolute Gasteiger partial charge is 0.461 e. The average Bonchev–Trinajstić information content (AvgIpc) is 3.91. The Bertz CT molecular complexity index is 2750. The summed E-state index contributed by atoms with van der Waals surface area (Å²) in [4.78, 5) is 68.6. The molecule has 7 aliphatic heterocycles. The zero-order valence-corrected chi connectivity index (χ0v) is 39.8. The molecular formula is C52H61FN12O5. The summed E-state index contributed by atoms with van der Waals surface area (Å²) in [6, 6.07) is 19.3. The number of anilines is 2. The summed E-state index contributed by atoms with van der Waals surface area (Å²) in [5.74, 6) is -2.03. The van der Waals surface area contributed by atoms with Crippen molar-refractivity contribution in [1.29, 1.82) is 0 Å². The maximum atomic E-state index is 15.6. The lowest BCUT2D eigenvalue weighted by Gasteiger charge is -2.40. The van der Waals surface area contributed by atoms with E-state index in [1.807, 2.05) is 22.3 Å². The van der Waals surface area contributed by atoms with Crippen molar-refractivity contribution in [3.8, 4) is 11.3 Å². The van der Waals surface area contributed by atoms with E-state index >= 15 is 4.39 Å². The first-order valence-corrected chi connectivity index (χ1v) is 25.1. The highest BCUT2D eigenvalue weighted by Gasteiger charge is 2.46. The molecule has 0 spiro atoms. The molecule has 4 saturated heterocycles. The fourth-order valence-electron chi connectivity index (χ4n) is 11.3. The molecule has 7 aliphatic rings. The lowest BCUT2D eigenvalue weighted by Crippen LogP contribution is -2.61. The quantitative estimate of drug-likeness (QED) is 0.155. The van der Waals surface area contributed by atoms with Gasteiger partial charge in [0, 0.05) is 100 Å². The number of hydrogen-bond donors (Lipinski definition) is 4. The number of ether oxygens (including phenoxy) is 1. The van der Waals surface area contributed by atoms with Crippen LogP contribution >= 0.6 is 0 Å². The van der Waals surface area contributed by atoms with Crippen LogP contribution in [0.4, 0.5) is 15.8 Å². The SMILES string of the molecule is CC(C)[C@@H]1C=NN2C(NCc3ccccc3-c3nccc4cc(N5CCN(CC6CCN(c7cc8c(cc7F)C(=O)N(C7CCC(=O)NC7=O)C8=O)CC6)CC5)ccc34)NC(O[C@@H]3CCCNC3)=N[C@H]12. The minimum Gasteiger partial charge on any atom is -0.461 e. The highest BCUT2D eigenvalue weighted by molar-refractivity contribution is 6.23. The monoisotopic (exact) mass is 952 g/mol. The molecule has 4 aromatic rings. The van der Waals surface area contributed by atoms with Gasteiger partial charge in [0.25, 0.3) is 17.8 Å². The number of amidine groups is 1. The van der Waals surface area contributed by atoms with Crippen LogP contribution in [0.25, 0.3) is 22.0 Å². The van der Waals surface area contributed by atoms with E-state index in [1.165, 1.54) is 11.8 Å². The number of carbonyl (C=O) groups is 4. The molecule has 5 atom stereocenters. The second-order valence-electron chi connectivity index (χ2n) is 20.1. The van der Waals surface area contributed by atoms with E-state index in [9.17, 15) is 19.2 Å². The minimum atomic E-state index is -1.09. The topological polar surface area (TPSA) is 179 Å². The van der Waals surface area contributed by atoms with Gasteiger partial charge in [-0.3, -0.25) is 44.6 Å². The van der Waals surface area contributed by atoms with E-state index in [0.29, 0.717) is 43.2 Å². The molecule has 4 N–H and O–H groups in total. The summed E-state index contributed by atoms with van der Waals surface area (Å²) in [7, 11) is 0. The van der Waals surface area contributed by atoms with E-state index in [-0.39, 0.29) is 48.4 Å². The fourth-order valence-corrected chi connectivity index (χ4v) is 11.3. The van der Waals surface area contributed by atoms with Crippen LogP contribution in [0.3, 0.4) is 0 Å². The van der Waals surface area contributed by atoms with Gasteiger partial charge in [0.05, 0.1) is 22.5 Å². The first kappa shape index (κ1) is 45.9. The summed E-state index contributed by atoms with van der Waals surface area (Å²) in [5, 5.41) is 22.0. The zero-order valence-electron chi connectivity index (χ0n) is 39.8. The highest BCUT2D eigenvalue weighted by Crippen LogP contribution is 2.36. The van der Waals surface area contributed by atoms with Gasteiger partial charge in [-0.1, -0.05) is 44.2 Å². The number of piperidine rings is 3. The predicted molar refractivity (Wildman–Crippen MR) is 264 cm³/mol. The molecule has 2 unspecified atom stereocenters. The Hall–Kier alpha value is -6.50. The fraction of sp³-hybridized carbons (Fsp3) is 0.481. The second kappa shape index (κ2) is 19.4. The number of nitrogens with one attached hydrogen (secondary N) is 4. The number of amides is 4. The van der Waals surface area contributed by atoms with E-state index in [0.717, 1.165) is 110 Å². The van der Waals surface area contributed by atoms with Gasteiger partial charge in [0.2, 0.25) is 11.8 Å². The number of fused-ring (bicyclic) bond motifs is 3. The molecule has 17 nitrogen and oxygen atoms in total. The lowest BCUT2D eigenvalue weighted by molar-refractivity contribution is -0.136. The van der Waals surface area contributed by atoms with Crippen molar-refractivity contribution in [2.24, 2.45) is 27.8 Å². The first-order chi connectivity index (χ1) is 34.1. The molecule has 1 aromatic heterocycles. The molecule has 11 rings (SSSR count). The first-order valence-electron chi connectivity index (χ1n) is 25.1. The Labute approximate surface area is 406 Å². The molecule has 70 heavy (non-hydrogen) atoms. The third kappa shape index (κ3) is 8.96. The number of hydrogen-bond acceptors (Lipinski definition) is 15. The van der Waals surface area contributed by atoms with Crippen molar-refractivity contribution in [3.05, 3.63) is 89.4 Å². The molecule has 4 amide bonds. The van der Waals surface area contributed by atoms with Gasteiger partial charge >= 0.3 is 0 Å². The maximum Gasteiger partial charge on any atom is 0.289 e. The number of imide groups is 2. The molecule has 4 fully saturated rings. The molecule has 0 bridgehead atoms. The summed E-state index contributed by atoms with van der Waals surface area (Å²) >= 11 is 0. The Morgan fingerprint density at radius 1 is 0.871 bits per heavy atom. The van der Waals surface area contributed by atoms with Crippen LogP contribution in [-0.2, 0) is 20.9 Å². The third-order valence-electron chi connectivity index (χ3n) is 15.3. The molecule has 0 radical (unpaired) electrons. The van der Waals surface area contributed by atoms with Crippen molar-refractivity contribution in [3.63, 3.8) is 0 Å². The van der Waals surface area contributed by atoms with Crippen LogP contribution < -0.4 is 31.1 Å². The highest BCUT2D eigenvalue weighted by atomic mass is 19.1. The number of halogens is 1. The Morgan fingerprint density at radius 3 is 2.44 bits per heavy atom. The van der Waals surface area contributed by atoms with E-state index in [2.05, 4.69) is 93.4 Å². The van der Waals surface area contributed by atoms with Gasteiger partial charge in [-0.2, -0.15) is 5.10 Å². The standard InChI is InChI=1S/C52H61FN12O5/c1-31(2)41-29-57-65-47(41)59-52(70-36-7-5-16-54-28-36)60-51(65)56-27-34-6-3-4-8-37(34)46-38-10-9-35(24-33(38)13-17-55-46)62-22-20-61(21-23-62)30-32-14-18-63(19-15-32)44-26-40-39(25-42(44)53)49(68)64(50(40)69)43-11-12-45(66)58-48(43)67/h3-4,6,8-10,13,17,24-26,29,31-32,36,41,43,47,51,54,56H,5,7,11-12,14-16,18-23,27-28,30H2,1-2H3,(H,59,60)(H,58,66,67)/t36-,41+,43?,47+,51?/m1/s1. The summed E-state index contributed by atoms with van der Waals surface area (Å²) in [6.45, 7) is 12.7. The zero-order chi connectivity index (χ0) is 48.0. The van der Waals surface area contributed by atoms with Crippen molar-refractivity contribution in [2.45, 2.75) is 83.5 Å². The van der Waals surface area contributed by atoms with Gasteiger partial charge in [-0.25, -0.2) is 14.4 Å². The predicted octanol–water partition coefficient (Wildman–Crippen LogP) is 4.48.